The monoisotopic (exact) mass is 238 g/mol. The third-order valence-electron chi connectivity index (χ3n) is 4.68. The van der Waals surface area contributed by atoms with E-state index in [1.807, 2.05) is 0 Å². The molecule has 2 atom stereocenters. The molecule has 0 heterocycles. The van der Waals surface area contributed by atoms with E-state index in [4.69, 9.17) is 0 Å². The Labute approximate surface area is 110 Å². The molecule has 0 saturated heterocycles. The van der Waals surface area contributed by atoms with E-state index in [2.05, 4.69) is 55.4 Å². The minimum Gasteiger partial charge on any atom is -0.0654 e. The largest absolute Gasteiger partial charge is 0.0654 e. The van der Waals surface area contributed by atoms with Crippen LogP contribution in [-0.4, -0.2) is 0 Å². The molecule has 1 aliphatic carbocycles. The zero-order chi connectivity index (χ0) is 13.5. The maximum Gasteiger partial charge on any atom is -0.0318 e. The summed E-state index contributed by atoms with van der Waals surface area (Å²) in [4.78, 5) is 0. The molecule has 2 unspecified atom stereocenters. The first-order valence-electron chi connectivity index (χ1n) is 7.49. The summed E-state index contributed by atoms with van der Waals surface area (Å²) in [6, 6.07) is 0. The van der Waals surface area contributed by atoms with Crippen LogP contribution in [0.2, 0.25) is 0 Å². The molecule has 0 radical (unpaired) electrons. The van der Waals surface area contributed by atoms with Crippen molar-refractivity contribution in [1.29, 1.82) is 0 Å². The predicted molar refractivity (Wildman–Crippen MR) is 78.1 cm³/mol. The molecule has 0 nitrogen and oxygen atoms in total. The molecule has 0 spiro atoms. The standard InChI is InChI=1S/C17H34/c1-9-10-16(5,6)13-11-14(13)17(7,8)12-15(2,3)4/h13-14H,9-12H2,1-8H3. The van der Waals surface area contributed by atoms with E-state index in [9.17, 15) is 0 Å². The molecular weight excluding hydrogens is 204 g/mol. The van der Waals surface area contributed by atoms with Gasteiger partial charge < -0.3 is 0 Å². The highest BCUT2D eigenvalue weighted by molar-refractivity contribution is 5.03. The minimum absolute atomic E-state index is 0.464. The number of rotatable bonds is 5. The van der Waals surface area contributed by atoms with Crippen LogP contribution in [-0.2, 0) is 0 Å². The Hall–Kier alpha value is 0. The highest BCUT2D eigenvalue weighted by Crippen LogP contribution is 2.62. The van der Waals surface area contributed by atoms with Crippen LogP contribution in [0, 0.1) is 28.1 Å². The average molecular weight is 238 g/mol. The smallest absolute Gasteiger partial charge is 0.0318 e. The van der Waals surface area contributed by atoms with Gasteiger partial charge in [-0.1, -0.05) is 61.8 Å². The lowest BCUT2D eigenvalue weighted by molar-refractivity contribution is 0.148. The van der Waals surface area contributed by atoms with E-state index in [0.717, 1.165) is 11.8 Å². The fourth-order valence-corrected chi connectivity index (χ4v) is 4.25. The Bertz CT molecular complexity index is 252. The van der Waals surface area contributed by atoms with Gasteiger partial charge >= 0.3 is 0 Å². The van der Waals surface area contributed by atoms with Gasteiger partial charge in [0.2, 0.25) is 0 Å². The van der Waals surface area contributed by atoms with Crippen molar-refractivity contribution < 1.29 is 0 Å². The Kier molecular flexibility index (Phi) is 4.07. The molecule has 0 heteroatoms. The maximum absolute atomic E-state index is 2.49. The van der Waals surface area contributed by atoms with Gasteiger partial charge in [0.1, 0.15) is 0 Å². The van der Waals surface area contributed by atoms with E-state index in [1.54, 1.807) is 0 Å². The van der Waals surface area contributed by atoms with Crippen LogP contribution < -0.4 is 0 Å². The van der Waals surface area contributed by atoms with Crippen molar-refractivity contribution >= 4 is 0 Å². The second-order valence-corrected chi connectivity index (χ2v) is 8.91. The van der Waals surface area contributed by atoms with Crippen LogP contribution >= 0.6 is 0 Å². The lowest BCUT2D eigenvalue weighted by Gasteiger charge is -2.35. The number of hydrogen-bond donors (Lipinski definition) is 0. The molecule has 1 rings (SSSR count). The normalized spacial score (nSPS) is 26.1. The van der Waals surface area contributed by atoms with Gasteiger partial charge in [0.05, 0.1) is 0 Å². The molecule has 1 aliphatic rings. The molecule has 17 heavy (non-hydrogen) atoms. The van der Waals surface area contributed by atoms with E-state index in [-0.39, 0.29) is 0 Å². The first kappa shape index (κ1) is 15.1. The first-order chi connectivity index (χ1) is 7.49. The summed E-state index contributed by atoms with van der Waals surface area (Å²) in [6.45, 7) is 19.4. The van der Waals surface area contributed by atoms with Crippen LogP contribution in [0.4, 0.5) is 0 Å². The van der Waals surface area contributed by atoms with Gasteiger partial charge in [-0.3, -0.25) is 0 Å². The van der Waals surface area contributed by atoms with Crippen molar-refractivity contribution in [3.05, 3.63) is 0 Å². The van der Waals surface area contributed by atoms with Crippen molar-refractivity contribution in [3.8, 4) is 0 Å². The summed E-state index contributed by atoms with van der Waals surface area (Å²) >= 11 is 0. The summed E-state index contributed by atoms with van der Waals surface area (Å²) < 4.78 is 0. The molecule has 0 N–H and O–H groups in total. The van der Waals surface area contributed by atoms with Crippen molar-refractivity contribution in [3.63, 3.8) is 0 Å². The van der Waals surface area contributed by atoms with E-state index < -0.39 is 0 Å². The van der Waals surface area contributed by atoms with Crippen LogP contribution in [0.15, 0.2) is 0 Å². The van der Waals surface area contributed by atoms with Gasteiger partial charge in [0.15, 0.2) is 0 Å². The lowest BCUT2D eigenvalue weighted by atomic mass is 9.70. The Morgan fingerprint density at radius 1 is 0.824 bits per heavy atom. The van der Waals surface area contributed by atoms with Gasteiger partial charge in [0, 0.05) is 0 Å². The zero-order valence-electron chi connectivity index (χ0n) is 13.5. The topological polar surface area (TPSA) is 0 Å². The van der Waals surface area contributed by atoms with Crippen molar-refractivity contribution in [1.82, 2.24) is 0 Å². The van der Waals surface area contributed by atoms with Crippen molar-refractivity contribution in [2.24, 2.45) is 28.1 Å². The van der Waals surface area contributed by atoms with Crippen LogP contribution in [0.5, 0.6) is 0 Å². The molecule has 0 aliphatic heterocycles. The third kappa shape index (κ3) is 4.00. The molecule has 0 aromatic rings. The fraction of sp³-hybridized carbons (Fsp3) is 1.00. The molecule has 0 aromatic heterocycles. The minimum atomic E-state index is 0.464. The van der Waals surface area contributed by atoms with Gasteiger partial charge in [-0.25, -0.2) is 0 Å². The summed E-state index contributed by atoms with van der Waals surface area (Å²) in [6.07, 6.45) is 5.54. The van der Waals surface area contributed by atoms with Crippen LogP contribution in [0.25, 0.3) is 0 Å². The molecule has 0 bridgehead atoms. The van der Waals surface area contributed by atoms with Gasteiger partial charge in [0.25, 0.3) is 0 Å². The summed E-state index contributed by atoms with van der Waals surface area (Å²) in [5.41, 5.74) is 1.55. The summed E-state index contributed by atoms with van der Waals surface area (Å²) in [5, 5.41) is 0. The molecule has 1 saturated carbocycles. The van der Waals surface area contributed by atoms with Crippen molar-refractivity contribution in [2.45, 2.75) is 81.1 Å². The number of hydrogen-bond acceptors (Lipinski definition) is 0. The van der Waals surface area contributed by atoms with Gasteiger partial charge in [-0.05, 0) is 47.3 Å². The van der Waals surface area contributed by atoms with Crippen LogP contribution in [0.1, 0.15) is 81.1 Å². The highest BCUT2D eigenvalue weighted by Gasteiger charge is 2.53. The summed E-state index contributed by atoms with van der Waals surface area (Å²) in [7, 11) is 0. The van der Waals surface area contributed by atoms with Gasteiger partial charge in [-0.2, -0.15) is 0 Å². The summed E-state index contributed by atoms with van der Waals surface area (Å²) in [5.74, 6) is 1.93. The molecule has 102 valence electrons. The van der Waals surface area contributed by atoms with Gasteiger partial charge in [-0.15, -0.1) is 0 Å². The third-order valence-corrected chi connectivity index (χ3v) is 4.68. The van der Waals surface area contributed by atoms with Crippen molar-refractivity contribution in [2.75, 3.05) is 0 Å². The molecular formula is C17H34. The second kappa shape index (κ2) is 4.59. The lowest BCUT2D eigenvalue weighted by Crippen LogP contribution is -2.26. The molecule has 0 aromatic carbocycles. The molecule has 0 amide bonds. The Morgan fingerprint density at radius 3 is 1.71 bits per heavy atom. The van der Waals surface area contributed by atoms with E-state index >= 15 is 0 Å². The Morgan fingerprint density at radius 2 is 1.29 bits per heavy atom. The predicted octanol–water partition coefficient (Wildman–Crippen LogP) is 5.91. The highest BCUT2D eigenvalue weighted by atomic mass is 14.6. The second-order valence-electron chi connectivity index (χ2n) is 8.91. The average Bonchev–Trinajstić information content (AvgIpc) is 2.76. The maximum atomic E-state index is 2.49. The van der Waals surface area contributed by atoms with Crippen LogP contribution in [0.3, 0.4) is 0 Å². The molecule has 1 fully saturated rings. The fourth-order valence-electron chi connectivity index (χ4n) is 4.25. The quantitative estimate of drug-likeness (QED) is 0.558. The Balaban J connectivity index is 2.61. The first-order valence-corrected chi connectivity index (χ1v) is 7.49. The van der Waals surface area contributed by atoms with E-state index in [1.165, 1.54) is 25.7 Å². The SMILES string of the molecule is CCCC(C)(C)C1CC1C(C)(C)CC(C)(C)C. The zero-order valence-corrected chi connectivity index (χ0v) is 13.5. The van der Waals surface area contributed by atoms with E-state index in [0.29, 0.717) is 16.2 Å².